The second-order valence-corrected chi connectivity index (χ2v) is 6.57. The van der Waals surface area contributed by atoms with Crippen LogP contribution in [0.3, 0.4) is 0 Å². The van der Waals surface area contributed by atoms with Crippen LogP contribution in [0.1, 0.15) is 25.8 Å². The third-order valence-corrected chi connectivity index (χ3v) is 4.22. The molecule has 2 amide bonds. The molecule has 1 aliphatic rings. The largest absolute Gasteiger partial charge is 0.467 e. The number of methoxy groups -OCH3 is 1. The Kier molecular flexibility index (Phi) is 6.02. The average Bonchev–Trinajstić information content (AvgIpc) is 2.53. The van der Waals surface area contributed by atoms with E-state index in [0.29, 0.717) is 18.3 Å². The Morgan fingerprint density at radius 3 is 2.39 bits per heavy atom. The smallest absolute Gasteiger partial charge is 0.328 e. The Morgan fingerprint density at radius 2 is 1.83 bits per heavy atom. The number of urea groups is 1. The number of amides is 2. The van der Waals surface area contributed by atoms with E-state index in [-0.39, 0.29) is 6.03 Å². The molecule has 3 atom stereocenters. The topological polar surface area (TPSA) is 58.6 Å². The number of carbonyl (C=O) groups is 2. The van der Waals surface area contributed by atoms with Crippen LogP contribution in [0.5, 0.6) is 0 Å². The molecular formula is C18H26N2O3. The van der Waals surface area contributed by atoms with E-state index in [0.717, 1.165) is 25.1 Å². The Labute approximate surface area is 138 Å². The van der Waals surface area contributed by atoms with Gasteiger partial charge in [-0.05, 0) is 23.8 Å². The third-order valence-electron chi connectivity index (χ3n) is 4.22. The Bertz CT molecular complexity index is 522. The van der Waals surface area contributed by atoms with Crippen molar-refractivity contribution in [2.45, 2.75) is 32.7 Å². The summed E-state index contributed by atoms with van der Waals surface area (Å²) in [7, 11) is 1.34. The number of ether oxygens (including phenoxy) is 1. The first-order valence-corrected chi connectivity index (χ1v) is 8.16. The number of esters is 1. The van der Waals surface area contributed by atoms with Gasteiger partial charge in [0.15, 0.2) is 0 Å². The van der Waals surface area contributed by atoms with Crippen molar-refractivity contribution < 1.29 is 14.3 Å². The van der Waals surface area contributed by atoms with Gasteiger partial charge in [0.05, 0.1) is 7.11 Å². The number of nitrogens with zero attached hydrogens (tertiary/aromatic N) is 1. The fourth-order valence-corrected chi connectivity index (χ4v) is 3.25. The van der Waals surface area contributed by atoms with Crippen molar-refractivity contribution in [3.8, 4) is 0 Å². The Balaban J connectivity index is 2.02. The van der Waals surface area contributed by atoms with Gasteiger partial charge in [0.25, 0.3) is 0 Å². The summed E-state index contributed by atoms with van der Waals surface area (Å²) in [6.07, 6.45) is 1.56. The minimum absolute atomic E-state index is 0.185. The SMILES string of the molecule is COC(=O)[C@H](Cc1ccccc1)NC(=O)N1C[C@H](C)C[C@H](C)C1. The number of rotatable bonds is 4. The molecule has 0 spiro atoms. The lowest BCUT2D eigenvalue weighted by Gasteiger charge is -2.35. The van der Waals surface area contributed by atoms with Crippen LogP contribution in [0.25, 0.3) is 0 Å². The zero-order chi connectivity index (χ0) is 16.8. The van der Waals surface area contributed by atoms with Gasteiger partial charge in [0.2, 0.25) is 0 Å². The van der Waals surface area contributed by atoms with Crippen molar-refractivity contribution >= 4 is 12.0 Å². The van der Waals surface area contributed by atoms with E-state index in [2.05, 4.69) is 19.2 Å². The summed E-state index contributed by atoms with van der Waals surface area (Å²) < 4.78 is 4.84. The highest BCUT2D eigenvalue weighted by molar-refractivity contribution is 5.83. The summed E-state index contributed by atoms with van der Waals surface area (Å²) in [5.74, 6) is 0.547. The molecule has 1 aromatic rings. The predicted molar refractivity (Wildman–Crippen MR) is 89.0 cm³/mol. The summed E-state index contributed by atoms with van der Waals surface area (Å²) in [5, 5.41) is 2.84. The van der Waals surface area contributed by atoms with Crippen molar-refractivity contribution in [2.24, 2.45) is 11.8 Å². The molecule has 23 heavy (non-hydrogen) atoms. The van der Waals surface area contributed by atoms with Gasteiger partial charge in [0.1, 0.15) is 6.04 Å². The second-order valence-electron chi connectivity index (χ2n) is 6.57. The standard InChI is InChI=1S/C18H26N2O3/c1-13-9-14(2)12-20(11-13)18(22)19-16(17(21)23-3)10-15-7-5-4-6-8-15/h4-8,13-14,16H,9-12H2,1-3H3,(H,19,22)/t13-,14+,16-/m0/s1. The van der Waals surface area contributed by atoms with Gasteiger partial charge in [-0.1, -0.05) is 44.2 Å². The van der Waals surface area contributed by atoms with Crippen molar-refractivity contribution in [1.82, 2.24) is 10.2 Å². The molecule has 1 aliphatic heterocycles. The molecule has 1 aromatic carbocycles. The van der Waals surface area contributed by atoms with Gasteiger partial charge in [-0.2, -0.15) is 0 Å². The lowest BCUT2D eigenvalue weighted by Crippen LogP contribution is -2.52. The minimum Gasteiger partial charge on any atom is -0.467 e. The molecule has 0 unspecified atom stereocenters. The van der Waals surface area contributed by atoms with E-state index in [1.807, 2.05) is 30.3 Å². The molecule has 5 heteroatoms. The van der Waals surface area contributed by atoms with Crippen LogP contribution in [0, 0.1) is 11.8 Å². The fourth-order valence-electron chi connectivity index (χ4n) is 3.25. The molecule has 0 bridgehead atoms. The zero-order valence-electron chi connectivity index (χ0n) is 14.1. The van der Waals surface area contributed by atoms with Crippen LogP contribution < -0.4 is 5.32 Å². The molecule has 0 saturated carbocycles. The van der Waals surface area contributed by atoms with Crippen molar-refractivity contribution in [3.05, 3.63) is 35.9 Å². The maximum absolute atomic E-state index is 12.5. The van der Waals surface area contributed by atoms with Gasteiger partial charge < -0.3 is 15.0 Å². The van der Waals surface area contributed by atoms with Crippen LogP contribution in [0.2, 0.25) is 0 Å². The van der Waals surface area contributed by atoms with Crippen LogP contribution in [0.15, 0.2) is 30.3 Å². The highest BCUT2D eigenvalue weighted by Gasteiger charge is 2.29. The molecule has 0 aliphatic carbocycles. The maximum Gasteiger partial charge on any atom is 0.328 e. The maximum atomic E-state index is 12.5. The van der Waals surface area contributed by atoms with Gasteiger partial charge in [-0.3, -0.25) is 0 Å². The third kappa shape index (κ3) is 4.98. The van der Waals surface area contributed by atoms with Crippen molar-refractivity contribution in [3.63, 3.8) is 0 Å². The average molecular weight is 318 g/mol. The number of carbonyl (C=O) groups excluding carboxylic acids is 2. The lowest BCUT2D eigenvalue weighted by atomic mass is 9.92. The predicted octanol–water partition coefficient (Wildman–Crippen LogP) is 2.46. The first kappa shape index (κ1) is 17.3. The van der Waals surface area contributed by atoms with E-state index in [4.69, 9.17) is 4.74 Å². The summed E-state index contributed by atoms with van der Waals surface area (Å²) in [6.45, 7) is 5.76. The minimum atomic E-state index is -0.664. The van der Waals surface area contributed by atoms with Crippen molar-refractivity contribution in [1.29, 1.82) is 0 Å². The van der Waals surface area contributed by atoms with Crippen molar-refractivity contribution in [2.75, 3.05) is 20.2 Å². The lowest BCUT2D eigenvalue weighted by molar-refractivity contribution is -0.142. The van der Waals surface area contributed by atoms with Crippen LogP contribution in [0.4, 0.5) is 4.79 Å². The molecule has 1 N–H and O–H groups in total. The molecule has 126 valence electrons. The first-order chi connectivity index (χ1) is 11.0. The highest BCUT2D eigenvalue weighted by atomic mass is 16.5. The van der Waals surface area contributed by atoms with E-state index in [9.17, 15) is 9.59 Å². The van der Waals surface area contributed by atoms with E-state index < -0.39 is 12.0 Å². The van der Waals surface area contributed by atoms with Gasteiger partial charge in [-0.15, -0.1) is 0 Å². The van der Waals surface area contributed by atoms with Gasteiger partial charge >= 0.3 is 12.0 Å². The molecule has 0 aromatic heterocycles. The number of benzene rings is 1. The van der Waals surface area contributed by atoms with Gasteiger partial charge in [-0.25, -0.2) is 9.59 Å². The van der Waals surface area contributed by atoms with E-state index >= 15 is 0 Å². The van der Waals surface area contributed by atoms with Gasteiger partial charge in [0, 0.05) is 19.5 Å². The number of nitrogens with one attached hydrogen (secondary N) is 1. The number of piperidine rings is 1. The second kappa shape index (κ2) is 7.99. The molecule has 0 radical (unpaired) electrons. The quantitative estimate of drug-likeness (QED) is 0.868. The summed E-state index contributed by atoms with van der Waals surface area (Å²) in [5.41, 5.74) is 0.989. The normalized spacial score (nSPS) is 22.3. The summed E-state index contributed by atoms with van der Waals surface area (Å²) >= 11 is 0. The Morgan fingerprint density at radius 1 is 1.22 bits per heavy atom. The summed E-state index contributed by atoms with van der Waals surface area (Å²) in [6, 6.07) is 8.78. The molecule has 1 fully saturated rings. The van der Waals surface area contributed by atoms with E-state index in [1.54, 1.807) is 4.90 Å². The molecule has 1 saturated heterocycles. The fraction of sp³-hybridized carbons (Fsp3) is 0.556. The molecule has 1 heterocycles. The van der Waals surface area contributed by atoms with Crippen LogP contribution in [-0.2, 0) is 16.0 Å². The number of hydrogen-bond acceptors (Lipinski definition) is 3. The molecule has 2 rings (SSSR count). The van der Waals surface area contributed by atoms with E-state index in [1.165, 1.54) is 7.11 Å². The van der Waals surface area contributed by atoms with Crippen LogP contribution in [-0.4, -0.2) is 43.1 Å². The summed E-state index contributed by atoms with van der Waals surface area (Å²) in [4.78, 5) is 26.3. The van der Waals surface area contributed by atoms with Crippen LogP contribution >= 0.6 is 0 Å². The Hall–Kier alpha value is -2.04. The zero-order valence-corrected chi connectivity index (χ0v) is 14.1. The molecular weight excluding hydrogens is 292 g/mol. The molecule has 5 nitrogen and oxygen atoms in total. The first-order valence-electron chi connectivity index (χ1n) is 8.16. The number of likely N-dealkylation sites (tertiary alicyclic amines) is 1. The monoisotopic (exact) mass is 318 g/mol. The highest BCUT2D eigenvalue weighted by Crippen LogP contribution is 2.21. The number of hydrogen-bond donors (Lipinski definition) is 1.